The second-order valence-corrected chi connectivity index (χ2v) is 4.08. The number of hydrogen-bond donors (Lipinski definition) is 0. The zero-order valence-corrected chi connectivity index (χ0v) is 7.87. The molecular formula is C9H13NO3. The maximum atomic E-state index is 11.4. The van der Waals surface area contributed by atoms with E-state index in [1.165, 1.54) is 0 Å². The topological polar surface area (TPSA) is 54.5 Å². The van der Waals surface area contributed by atoms with Crippen molar-refractivity contribution in [3.05, 3.63) is 0 Å². The number of piperidine rings is 1. The quantitative estimate of drug-likeness (QED) is 0.459. The summed E-state index contributed by atoms with van der Waals surface area (Å²) in [5, 5.41) is 0. The number of imide groups is 1. The second-order valence-electron chi connectivity index (χ2n) is 4.08. The van der Waals surface area contributed by atoms with Gasteiger partial charge in [0.05, 0.1) is 6.54 Å². The van der Waals surface area contributed by atoms with Crippen LogP contribution >= 0.6 is 0 Å². The third kappa shape index (κ3) is 2.14. The van der Waals surface area contributed by atoms with Gasteiger partial charge in [0.25, 0.3) is 0 Å². The van der Waals surface area contributed by atoms with Gasteiger partial charge in [-0.1, -0.05) is 13.8 Å². The summed E-state index contributed by atoms with van der Waals surface area (Å²) in [4.78, 5) is 33.9. The molecule has 13 heavy (non-hydrogen) atoms. The van der Waals surface area contributed by atoms with Crippen LogP contribution in [0.1, 0.15) is 26.7 Å². The van der Waals surface area contributed by atoms with Crippen LogP contribution in [-0.2, 0) is 14.4 Å². The molecule has 1 saturated heterocycles. The third-order valence-electron chi connectivity index (χ3n) is 2.12. The number of rotatable bonds is 2. The Morgan fingerprint density at radius 2 is 1.77 bits per heavy atom. The first-order chi connectivity index (χ1) is 5.96. The van der Waals surface area contributed by atoms with Crippen LogP contribution in [0.15, 0.2) is 0 Å². The summed E-state index contributed by atoms with van der Waals surface area (Å²) in [5.41, 5.74) is -0.256. The molecule has 2 amide bonds. The molecule has 0 spiro atoms. The highest BCUT2D eigenvalue weighted by molar-refractivity contribution is 5.99. The molecule has 1 aliphatic rings. The normalized spacial score (nSPS) is 21.8. The lowest BCUT2D eigenvalue weighted by Crippen LogP contribution is -2.46. The van der Waals surface area contributed by atoms with Crippen molar-refractivity contribution in [1.82, 2.24) is 4.90 Å². The largest absolute Gasteiger partial charge is 0.301 e. The van der Waals surface area contributed by atoms with Crippen LogP contribution in [0.25, 0.3) is 0 Å². The summed E-state index contributed by atoms with van der Waals surface area (Å²) in [7, 11) is 0. The van der Waals surface area contributed by atoms with E-state index in [2.05, 4.69) is 0 Å². The maximum Gasteiger partial charge on any atom is 0.230 e. The molecule has 0 aromatic heterocycles. The number of amides is 2. The Morgan fingerprint density at radius 3 is 2.15 bits per heavy atom. The first-order valence-corrected chi connectivity index (χ1v) is 4.23. The number of carbonyl (C=O) groups excluding carboxylic acids is 3. The van der Waals surface area contributed by atoms with Gasteiger partial charge >= 0.3 is 0 Å². The smallest absolute Gasteiger partial charge is 0.230 e. The molecule has 0 radical (unpaired) electrons. The lowest BCUT2D eigenvalue weighted by molar-refractivity contribution is -0.153. The molecule has 4 heteroatoms. The van der Waals surface area contributed by atoms with Crippen molar-refractivity contribution >= 4 is 18.1 Å². The second kappa shape index (κ2) is 3.28. The van der Waals surface area contributed by atoms with E-state index < -0.39 is 0 Å². The molecule has 0 saturated carbocycles. The number of carbonyl (C=O) groups is 3. The van der Waals surface area contributed by atoms with Gasteiger partial charge < -0.3 is 4.79 Å². The Bertz CT molecular complexity index is 238. The summed E-state index contributed by atoms with van der Waals surface area (Å²) < 4.78 is 0. The van der Waals surface area contributed by atoms with Gasteiger partial charge in [-0.15, -0.1) is 0 Å². The van der Waals surface area contributed by atoms with Crippen LogP contribution in [0.5, 0.6) is 0 Å². The lowest BCUT2D eigenvalue weighted by Gasteiger charge is -2.33. The van der Waals surface area contributed by atoms with Crippen LogP contribution in [-0.4, -0.2) is 29.5 Å². The molecular weight excluding hydrogens is 170 g/mol. The molecule has 0 bridgehead atoms. The third-order valence-corrected chi connectivity index (χ3v) is 2.12. The van der Waals surface area contributed by atoms with Crippen LogP contribution in [0.2, 0.25) is 0 Å². The van der Waals surface area contributed by atoms with Crippen LogP contribution in [0, 0.1) is 5.41 Å². The summed E-state index contributed by atoms with van der Waals surface area (Å²) in [6, 6.07) is 0. The fourth-order valence-electron chi connectivity index (χ4n) is 1.49. The minimum absolute atomic E-state index is 0.103. The van der Waals surface area contributed by atoms with E-state index >= 15 is 0 Å². The number of aldehydes is 1. The van der Waals surface area contributed by atoms with Crippen molar-refractivity contribution in [3.63, 3.8) is 0 Å². The Morgan fingerprint density at radius 1 is 1.31 bits per heavy atom. The van der Waals surface area contributed by atoms with E-state index in [9.17, 15) is 14.4 Å². The monoisotopic (exact) mass is 183 g/mol. The Kier molecular flexibility index (Phi) is 2.50. The van der Waals surface area contributed by atoms with Crippen molar-refractivity contribution in [3.8, 4) is 0 Å². The van der Waals surface area contributed by atoms with E-state index in [1.54, 1.807) is 0 Å². The highest BCUT2D eigenvalue weighted by Crippen LogP contribution is 2.30. The molecule has 0 atom stereocenters. The molecule has 4 nitrogen and oxygen atoms in total. The Labute approximate surface area is 76.9 Å². The van der Waals surface area contributed by atoms with E-state index in [1.807, 2.05) is 13.8 Å². The fraction of sp³-hybridized carbons (Fsp3) is 0.667. The number of likely N-dealkylation sites (tertiary alicyclic amines) is 1. The molecule has 0 aromatic rings. The summed E-state index contributed by atoms with van der Waals surface area (Å²) in [5.74, 6) is -0.485. The van der Waals surface area contributed by atoms with Crippen molar-refractivity contribution in [1.29, 1.82) is 0 Å². The van der Waals surface area contributed by atoms with Crippen molar-refractivity contribution in [2.24, 2.45) is 5.41 Å². The average molecular weight is 183 g/mol. The van der Waals surface area contributed by atoms with Gasteiger partial charge in [-0.05, 0) is 5.41 Å². The van der Waals surface area contributed by atoms with Gasteiger partial charge in [-0.3, -0.25) is 14.5 Å². The molecule has 0 aromatic carbocycles. The molecule has 1 aliphatic heterocycles. The van der Waals surface area contributed by atoms with Crippen LogP contribution < -0.4 is 0 Å². The van der Waals surface area contributed by atoms with E-state index in [0.717, 1.165) is 4.90 Å². The van der Waals surface area contributed by atoms with Gasteiger partial charge in [0.2, 0.25) is 11.8 Å². The molecule has 1 heterocycles. The molecule has 0 aliphatic carbocycles. The van der Waals surface area contributed by atoms with Gasteiger partial charge in [-0.25, -0.2) is 0 Å². The Balaban J connectivity index is 2.76. The molecule has 72 valence electrons. The SMILES string of the molecule is CC1(C)CC(=O)N(CC=O)C(=O)C1. The zero-order valence-electron chi connectivity index (χ0n) is 7.87. The molecule has 1 fully saturated rings. The van der Waals surface area contributed by atoms with Gasteiger partial charge in [0, 0.05) is 12.8 Å². The van der Waals surface area contributed by atoms with E-state index in [-0.39, 0.29) is 23.8 Å². The van der Waals surface area contributed by atoms with Crippen molar-refractivity contribution in [2.45, 2.75) is 26.7 Å². The highest BCUT2D eigenvalue weighted by atomic mass is 16.2. The van der Waals surface area contributed by atoms with E-state index in [4.69, 9.17) is 0 Å². The average Bonchev–Trinajstić information content (AvgIpc) is 1.94. The highest BCUT2D eigenvalue weighted by Gasteiger charge is 2.36. The van der Waals surface area contributed by atoms with E-state index in [0.29, 0.717) is 19.1 Å². The predicted molar refractivity (Wildman–Crippen MR) is 45.8 cm³/mol. The molecule has 0 N–H and O–H groups in total. The lowest BCUT2D eigenvalue weighted by atomic mass is 9.82. The van der Waals surface area contributed by atoms with Gasteiger partial charge in [0.15, 0.2) is 0 Å². The fourth-order valence-corrected chi connectivity index (χ4v) is 1.49. The maximum absolute atomic E-state index is 11.4. The predicted octanol–water partition coefficient (Wildman–Crippen LogP) is 0.360. The summed E-state index contributed by atoms with van der Waals surface area (Å²) in [6.45, 7) is 3.65. The minimum atomic E-state index is -0.256. The Hall–Kier alpha value is -1.19. The summed E-state index contributed by atoms with van der Waals surface area (Å²) >= 11 is 0. The minimum Gasteiger partial charge on any atom is -0.301 e. The van der Waals surface area contributed by atoms with Crippen molar-refractivity contribution < 1.29 is 14.4 Å². The first kappa shape index (κ1) is 9.89. The first-order valence-electron chi connectivity index (χ1n) is 4.23. The molecule has 0 unspecified atom stereocenters. The number of hydrogen-bond acceptors (Lipinski definition) is 3. The standard InChI is InChI=1S/C9H13NO3/c1-9(2)5-7(12)10(3-4-11)8(13)6-9/h4H,3,5-6H2,1-2H3. The summed E-state index contributed by atoms with van der Waals surface area (Å²) in [6.07, 6.45) is 1.26. The van der Waals surface area contributed by atoms with Crippen molar-refractivity contribution in [2.75, 3.05) is 6.54 Å². The van der Waals surface area contributed by atoms with Crippen LogP contribution in [0.3, 0.4) is 0 Å². The van der Waals surface area contributed by atoms with Gasteiger partial charge in [0.1, 0.15) is 6.29 Å². The zero-order chi connectivity index (χ0) is 10.1. The molecule has 1 rings (SSSR count). The number of nitrogens with zero attached hydrogens (tertiary/aromatic N) is 1. The van der Waals surface area contributed by atoms with Crippen LogP contribution in [0.4, 0.5) is 0 Å². The van der Waals surface area contributed by atoms with Gasteiger partial charge in [-0.2, -0.15) is 0 Å².